The van der Waals surface area contributed by atoms with E-state index in [-0.39, 0.29) is 10.6 Å². The van der Waals surface area contributed by atoms with Crippen molar-refractivity contribution in [2.45, 2.75) is 26.0 Å². The molecule has 0 amide bonds. The minimum atomic E-state index is -0.321. The number of nitrogens with one attached hydrogen (secondary N) is 1. The number of nitrogens with zero attached hydrogens (tertiary/aromatic N) is 1. The van der Waals surface area contributed by atoms with Crippen molar-refractivity contribution in [3.05, 3.63) is 33.9 Å². The molecule has 0 aromatic heterocycles. The Bertz CT molecular complexity index is 383. The van der Waals surface area contributed by atoms with E-state index in [0.29, 0.717) is 5.69 Å². The topological polar surface area (TPSA) is 55.2 Å². The lowest BCUT2D eigenvalue weighted by atomic mass is 10.2. The lowest BCUT2D eigenvalue weighted by molar-refractivity contribution is -0.384. The third-order valence-corrected chi connectivity index (χ3v) is 3.24. The molecule has 94 valence electrons. The highest BCUT2D eigenvalue weighted by atomic mass is 32.2. The zero-order valence-electron chi connectivity index (χ0n) is 10.2. The number of anilines is 1. The van der Waals surface area contributed by atoms with Gasteiger partial charge in [0.2, 0.25) is 0 Å². The highest BCUT2D eigenvalue weighted by Gasteiger charge is 2.13. The third-order valence-electron chi connectivity index (χ3n) is 2.30. The summed E-state index contributed by atoms with van der Waals surface area (Å²) in [4.78, 5) is 10.6. The molecule has 0 bridgehead atoms. The Morgan fingerprint density at radius 3 is 2.76 bits per heavy atom. The summed E-state index contributed by atoms with van der Waals surface area (Å²) in [6, 6.07) is 5.42. The molecule has 1 aromatic carbocycles. The molecule has 1 aromatic rings. The average Bonchev–Trinajstić information content (AvgIpc) is 2.34. The Balaban J connectivity index is 2.87. The number of nitro groups is 1. The van der Waals surface area contributed by atoms with Crippen LogP contribution in [0.4, 0.5) is 11.4 Å². The molecule has 0 atom stereocenters. The summed E-state index contributed by atoms with van der Waals surface area (Å²) in [5.41, 5.74) is 1.79. The normalized spacial score (nSPS) is 10.2. The maximum absolute atomic E-state index is 11.0. The van der Waals surface area contributed by atoms with Gasteiger partial charge < -0.3 is 5.32 Å². The fourth-order valence-corrected chi connectivity index (χ4v) is 2.07. The Hall–Kier alpha value is -1.23. The first-order chi connectivity index (χ1) is 8.19. The lowest BCUT2D eigenvalue weighted by Crippen LogP contribution is -2.03. The van der Waals surface area contributed by atoms with Gasteiger partial charge in [0.1, 0.15) is 5.69 Å². The van der Waals surface area contributed by atoms with Gasteiger partial charge in [0.05, 0.1) is 4.92 Å². The van der Waals surface area contributed by atoms with E-state index in [4.69, 9.17) is 0 Å². The van der Waals surface area contributed by atoms with Gasteiger partial charge in [-0.15, -0.1) is 0 Å². The van der Waals surface area contributed by atoms with E-state index < -0.39 is 0 Å². The van der Waals surface area contributed by atoms with Crippen LogP contribution in [0.1, 0.15) is 25.8 Å². The lowest BCUT2D eigenvalue weighted by Gasteiger charge is -2.07. The number of thioether (sulfide) groups is 1. The van der Waals surface area contributed by atoms with E-state index in [1.54, 1.807) is 23.9 Å². The molecule has 5 heteroatoms. The molecule has 1 N–H and O–H groups in total. The molecule has 0 aliphatic heterocycles. The molecule has 0 saturated carbocycles. The molecular formula is C12H18N2O2S. The maximum atomic E-state index is 11.0. The van der Waals surface area contributed by atoms with Crippen LogP contribution < -0.4 is 5.32 Å². The molecule has 0 spiro atoms. The van der Waals surface area contributed by atoms with Crippen molar-refractivity contribution in [1.82, 2.24) is 0 Å². The zero-order valence-corrected chi connectivity index (χ0v) is 11.0. The van der Waals surface area contributed by atoms with Crippen molar-refractivity contribution in [2.75, 3.05) is 17.6 Å². The van der Waals surface area contributed by atoms with Gasteiger partial charge in [0, 0.05) is 18.4 Å². The van der Waals surface area contributed by atoms with E-state index in [1.807, 2.05) is 13.0 Å². The maximum Gasteiger partial charge on any atom is 0.292 e. The summed E-state index contributed by atoms with van der Waals surface area (Å²) in [5, 5.41) is 14.0. The zero-order chi connectivity index (χ0) is 12.7. The van der Waals surface area contributed by atoms with E-state index in [1.165, 1.54) is 0 Å². The molecule has 4 nitrogen and oxygen atoms in total. The molecule has 0 aliphatic carbocycles. The van der Waals surface area contributed by atoms with Crippen LogP contribution >= 0.6 is 11.8 Å². The Kier molecular flexibility index (Phi) is 5.83. The summed E-state index contributed by atoms with van der Waals surface area (Å²) in [6.45, 7) is 4.87. The van der Waals surface area contributed by atoms with Crippen LogP contribution in [0.3, 0.4) is 0 Å². The van der Waals surface area contributed by atoms with E-state index in [9.17, 15) is 10.1 Å². The number of hydrogen-bond donors (Lipinski definition) is 1. The van der Waals surface area contributed by atoms with Crippen LogP contribution in [0, 0.1) is 10.1 Å². The smallest absolute Gasteiger partial charge is 0.292 e. The Labute approximate surface area is 106 Å². The fraction of sp³-hybridized carbons (Fsp3) is 0.500. The van der Waals surface area contributed by atoms with Crippen LogP contribution in [0.25, 0.3) is 0 Å². The summed E-state index contributed by atoms with van der Waals surface area (Å²) < 4.78 is 0. The predicted molar refractivity (Wildman–Crippen MR) is 73.7 cm³/mol. The first-order valence-electron chi connectivity index (χ1n) is 5.78. The number of nitro benzene ring substituents is 1. The Morgan fingerprint density at radius 2 is 2.18 bits per heavy atom. The van der Waals surface area contributed by atoms with E-state index in [2.05, 4.69) is 12.2 Å². The minimum absolute atomic E-state index is 0.174. The summed E-state index contributed by atoms with van der Waals surface area (Å²) in [7, 11) is 0. The van der Waals surface area contributed by atoms with Crippen molar-refractivity contribution in [2.24, 2.45) is 0 Å². The molecule has 1 rings (SSSR count). The van der Waals surface area contributed by atoms with Crippen molar-refractivity contribution in [3.63, 3.8) is 0 Å². The van der Waals surface area contributed by atoms with Crippen molar-refractivity contribution in [1.29, 1.82) is 0 Å². The monoisotopic (exact) mass is 254 g/mol. The molecular weight excluding hydrogens is 236 g/mol. The van der Waals surface area contributed by atoms with Crippen LogP contribution in [0.2, 0.25) is 0 Å². The van der Waals surface area contributed by atoms with Crippen LogP contribution in [0.5, 0.6) is 0 Å². The molecule has 0 heterocycles. The van der Waals surface area contributed by atoms with Gasteiger partial charge >= 0.3 is 0 Å². The summed E-state index contributed by atoms with van der Waals surface area (Å²) >= 11 is 1.76. The Morgan fingerprint density at radius 1 is 1.41 bits per heavy atom. The molecule has 0 unspecified atom stereocenters. The van der Waals surface area contributed by atoms with Crippen molar-refractivity contribution in [3.8, 4) is 0 Å². The van der Waals surface area contributed by atoms with Crippen LogP contribution in [0.15, 0.2) is 18.2 Å². The second-order valence-corrected chi connectivity index (χ2v) is 4.95. The van der Waals surface area contributed by atoms with E-state index >= 15 is 0 Å². The molecule has 0 fully saturated rings. The van der Waals surface area contributed by atoms with Gasteiger partial charge in [-0.1, -0.05) is 19.9 Å². The van der Waals surface area contributed by atoms with Crippen LogP contribution in [-0.2, 0) is 5.75 Å². The van der Waals surface area contributed by atoms with Crippen molar-refractivity contribution < 1.29 is 4.92 Å². The molecule has 0 radical (unpaired) electrons. The van der Waals surface area contributed by atoms with Crippen molar-refractivity contribution >= 4 is 23.1 Å². The number of hydrogen-bond acceptors (Lipinski definition) is 4. The third kappa shape index (κ3) is 4.26. The highest BCUT2D eigenvalue weighted by molar-refractivity contribution is 7.98. The van der Waals surface area contributed by atoms with Gasteiger partial charge in [-0.3, -0.25) is 10.1 Å². The largest absolute Gasteiger partial charge is 0.380 e. The first kappa shape index (κ1) is 13.8. The number of benzene rings is 1. The second-order valence-electron chi connectivity index (χ2n) is 3.67. The van der Waals surface area contributed by atoms with Gasteiger partial charge in [0.15, 0.2) is 0 Å². The van der Waals surface area contributed by atoms with Gasteiger partial charge in [-0.2, -0.15) is 11.8 Å². The molecule has 17 heavy (non-hydrogen) atoms. The highest BCUT2D eigenvalue weighted by Crippen LogP contribution is 2.27. The predicted octanol–water partition coefficient (Wildman–Crippen LogP) is 3.67. The molecule has 0 saturated heterocycles. The second kappa shape index (κ2) is 7.17. The SMILES string of the molecule is CCCNc1ccc(CSCC)cc1[N+](=O)[O-]. The van der Waals surface area contributed by atoms with Crippen LogP contribution in [-0.4, -0.2) is 17.2 Å². The minimum Gasteiger partial charge on any atom is -0.380 e. The summed E-state index contributed by atoms with van der Waals surface area (Å²) in [5.74, 6) is 1.84. The molecule has 0 aliphatic rings. The van der Waals surface area contributed by atoms with Gasteiger partial charge in [0.25, 0.3) is 5.69 Å². The first-order valence-corrected chi connectivity index (χ1v) is 6.93. The number of rotatable bonds is 7. The van der Waals surface area contributed by atoms with Gasteiger partial charge in [-0.05, 0) is 23.8 Å². The van der Waals surface area contributed by atoms with Gasteiger partial charge in [-0.25, -0.2) is 0 Å². The van der Waals surface area contributed by atoms with E-state index in [0.717, 1.165) is 30.0 Å². The quantitative estimate of drug-likeness (QED) is 0.596. The average molecular weight is 254 g/mol. The standard InChI is InChI=1S/C12H18N2O2S/c1-3-7-13-11-6-5-10(9-17-4-2)8-12(11)14(15)16/h5-6,8,13H,3-4,7,9H2,1-2H3. The summed E-state index contributed by atoms with van der Waals surface area (Å²) in [6.07, 6.45) is 0.949. The fourth-order valence-electron chi connectivity index (χ4n) is 1.45.